The highest BCUT2D eigenvalue weighted by molar-refractivity contribution is 5.67. The lowest BCUT2D eigenvalue weighted by Gasteiger charge is -2.08. The van der Waals surface area contributed by atoms with Gasteiger partial charge in [0.15, 0.2) is 5.82 Å². The minimum absolute atomic E-state index is 0.0802. The summed E-state index contributed by atoms with van der Waals surface area (Å²) < 4.78 is 4.76. The van der Waals surface area contributed by atoms with Crippen LogP contribution in [0.5, 0.6) is 0 Å². The Morgan fingerprint density at radius 1 is 1.71 bits per heavy atom. The molecule has 0 aliphatic heterocycles. The van der Waals surface area contributed by atoms with Gasteiger partial charge in [0.1, 0.15) is 0 Å². The highest BCUT2D eigenvalue weighted by Crippen LogP contribution is 1.96. The summed E-state index contributed by atoms with van der Waals surface area (Å²) in [6.45, 7) is 3.92. The van der Waals surface area contributed by atoms with Gasteiger partial charge in [-0.05, 0) is 6.92 Å². The number of aromatic nitrogens is 2. The first-order valence-electron chi connectivity index (χ1n) is 4.32. The summed E-state index contributed by atoms with van der Waals surface area (Å²) in [6, 6.07) is -0.105. The largest absolute Gasteiger partial charge is 0.481 e. The third kappa shape index (κ3) is 3.53. The fraction of sp³-hybridized carbons (Fsp3) is 0.625. The monoisotopic (exact) mass is 199 g/mol. The molecular formula is C8H13N3O3. The molecule has 0 amide bonds. The minimum atomic E-state index is -0.825. The average Bonchev–Trinajstić information content (AvgIpc) is 2.47. The second-order valence-corrected chi connectivity index (χ2v) is 3.11. The maximum Gasteiger partial charge on any atom is 0.304 e. The Morgan fingerprint density at radius 3 is 2.93 bits per heavy atom. The number of rotatable bonds is 5. The van der Waals surface area contributed by atoms with Crippen molar-refractivity contribution < 1.29 is 14.4 Å². The predicted octanol–water partition coefficient (Wildman–Crippen LogP) is 0.331. The molecule has 2 N–H and O–H groups in total. The van der Waals surface area contributed by atoms with E-state index >= 15 is 0 Å². The first-order chi connectivity index (χ1) is 6.58. The van der Waals surface area contributed by atoms with Gasteiger partial charge in [0, 0.05) is 13.0 Å². The van der Waals surface area contributed by atoms with Crippen LogP contribution < -0.4 is 5.32 Å². The second-order valence-electron chi connectivity index (χ2n) is 3.11. The third-order valence-corrected chi connectivity index (χ3v) is 1.66. The van der Waals surface area contributed by atoms with Crippen molar-refractivity contribution in [2.24, 2.45) is 0 Å². The van der Waals surface area contributed by atoms with Crippen LogP contribution in [0.2, 0.25) is 0 Å². The van der Waals surface area contributed by atoms with Gasteiger partial charge < -0.3 is 14.9 Å². The van der Waals surface area contributed by atoms with E-state index in [1.54, 1.807) is 13.8 Å². The summed E-state index contributed by atoms with van der Waals surface area (Å²) in [5, 5.41) is 15.1. The molecule has 0 bridgehead atoms. The van der Waals surface area contributed by atoms with Gasteiger partial charge in [0.05, 0.1) is 13.0 Å². The number of nitrogens with one attached hydrogen (secondary N) is 1. The molecule has 0 fully saturated rings. The molecule has 0 saturated carbocycles. The first kappa shape index (κ1) is 10.6. The van der Waals surface area contributed by atoms with Crippen molar-refractivity contribution in [3.05, 3.63) is 11.7 Å². The topological polar surface area (TPSA) is 88.2 Å². The number of carboxylic acids is 1. The van der Waals surface area contributed by atoms with Gasteiger partial charge in [-0.25, -0.2) is 0 Å². The van der Waals surface area contributed by atoms with Crippen LogP contribution in [0, 0.1) is 6.92 Å². The number of carbonyl (C=O) groups is 1. The van der Waals surface area contributed by atoms with E-state index in [1.165, 1.54) is 0 Å². The van der Waals surface area contributed by atoms with Crippen LogP contribution in [-0.2, 0) is 11.3 Å². The summed E-state index contributed by atoms with van der Waals surface area (Å²) in [4.78, 5) is 14.3. The molecule has 14 heavy (non-hydrogen) atoms. The first-order valence-corrected chi connectivity index (χ1v) is 4.32. The van der Waals surface area contributed by atoms with E-state index in [1.807, 2.05) is 0 Å². The van der Waals surface area contributed by atoms with Crippen molar-refractivity contribution in [1.29, 1.82) is 0 Å². The van der Waals surface area contributed by atoms with Crippen molar-refractivity contribution in [1.82, 2.24) is 15.5 Å². The zero-order chi connectivity index (χ0) is 10.6. The third-order valence-electron chi connectivity index (χ3n) is 1.66. The lowest BCUT2D eigenvalue weighted by molar-refractivity contribution is -0.137. The van der Waals surface area contributed by atoms with Crippen molar-refractivity contribution in [3.8, 4) is 0 Å². The van der Waals surface area contributed by atoms with Crippen molar-refractivity contribution in [3.63, 3.8) is 0 Å². The number of nitrogens with zero attached hydrogens (tertiary/aromatic N) is 2. The second kappa shape index (κ2) is 4.71. The standard InChI is InChI=1S/C8H13N3O3/c1-5(3-8(12)13)9-4-7-10-6(2)14-11-7/h5,9H,3-4H2,1-2H3,(H,12,13). The van der Waals surface area contributed by atoms with Gasteiger partial charge in [0.2, 0.25) is 5.89 Å². The molecule has 0 aliphatic rings. The smallest absolute Gasteiger partial charge is 0.304 e. The van der Waals surface area contributed by atoms with Gasteiger partial charge >= 0.3 is 5.97 Å². The molecule has 0 spiro atoms. The van der Waals surface area contributed by atoms with E-state index in [0.717, 1.165) is 0 Å². The van der Waals surface area contributed by atoms with Crippen LogP contribution in [0.4, 0.5) is 0 Å². The van der Waals surface area contributed by atoms with Gasteiger partial charge in [0.25, 0.3) is 0 Å². The quantitative estimate of drug-likeness (QED) is 0.710. The van der Waals surface area contributed by atoms with Crippen LogP contribution in [0.15, 0.2) is 4.52 Å². The Kier molecular flexibility index (Phi) is 3.58. The van der Waals surface area contributed by atoms with Crippen LogP contribution in [0.1, 0.15) is 25.1 Å². The van der Waals surface area contributed by atoms with Crippen molar-refractivity contribution >= 4 is 5.97 Å². The lowest BCUT2D eigenvalue weighted by Crippen LogP contribution is -2.28. The van der Waals surface area contributed by atoms with E-state index in [9.17, 15) is 4.79 Å². The molecule has 78 valence electrons. The van der Waals surface area contributed by atoms with Gasteiger partial charge in [-0.15, -0.1) is 0 Å². The fourth-order valence-electron chi connectivity index (χ4n) is 1.01. The Labute approximate surface area is 81.3 Å². The molecule has 6 nitrogen and oxygen atoms in total. The van der Waals surface area contributed by atoms with Gasteiger partial charge in [-0.2, -0.15) is 4.98 Å². The Hall–Kier alpha value is -1.43. The van der Waals surface area contributed by atoms with Crippen molar-refractivity contribution in [2.45, 2.75) is 32.9 Å². The maximum atomic E-state index is 10.3. The summed E-state index contributed by atoms with van der Waals surface area (Å²) in [5.74, 6) is 0.224. The highest BCUT2D eigenvalue weighted by atomic mass is 16.5. The molecule has 0 aromatic carbocycles. The zero-order valence-corrected chi connectivity index (χ0v) is 8.15. The molecule has 0 radical (unpaired) electrons. The Balaban J connectivity index is 2.30. The van der Waals surface area contributed by atoms with E-state index in [2.05, 4.69) is 15.5 Å². The summed E-state index contributed by atoms with van der Waals surface area (Å²) >= 11 is 0. The number of aliphatic carboxylic acids is 1. The molecule has 1 atom stereocenters. The van der Waals surface area contributed by atoms with E-state index in [4.69, 9.17) is 9.63 Å². The average molecular weight is 199 g/mol. The maximum absolute atomic E-state index is 10.3. The summed E-state index contributed by atoms with van der Waals surface area (Å²) in [7, 11) is 0. The predicted molar refractivity (Wildman–Crippen MR) is 47.6 cm³/mol. The van der Waals surface area contributed by atoms with E-state index < -0.39 is 5.97 Å². The van der Waals surface area contributed by atoms with Gasteiger partial charge in [-0.3, -0.25) is 4.79 Å². The molecular weight excluding hydrogens is 186 g/mol. The highest BCUT2D eigenvalue weighted by Gasteiger charge is 2.08. The molecule has 6 heteroatoms. The summed E-state index contributed by atoms with van der Waals surface area (Å²) in [6.07, 6.45) is 0.0802. The van der Waals surface area contributed by atoms with Crippen LogP contribution in [-0.4, -0.2) is 27.3 Å². The Morgan fingerprint density at radius 2 is 2.43 bits per heavy atom. The van der Waals surface area contributed by atoms with E-state index in [0.29, 0.717) is 18.3 Å². The zero-order valence-electron chi connectivity index (χ0n) is 8.15. The van der Waals surface area contributed by atoms with Crippen LogP contribution in [0.25, 0.3) is 0 Å². The number of aryl methyl sites for hydroxylation is 1. The van der Waals surface area contributed by atoms with Crippen LogP contribution in [0.3, 0.4) is 0 Å². The molecule has 1 aromatic rings. The number of carboxylic acid groups (broad SMARTS) is 1. The van der Waals surface area contributed by atoms with Crippen molar-refractivity contribution in [2.75, 3.05) is 0 Å². The molecule has 1 unspecified atom stereocenters. The normalized spacial score (nSPS) is 12.7. The SMILES string of the molecule is Cc1nc(CNC(C)CC(=O)O)no1. The van der Waals surface area contributed by atoms with Gasteiger partial charge in [-0.1, -0.05) is 5.16 Å². The molecule has 1 rings (SSSR count). The number of hydrogen-bond donors (Lipinski definition) is 2. The molecule has 0 aliphatic carbocycles. The molecule has 1 heterocycles. The van der Waals surface area contributed by atoms with E-state index in [-0.39, 0.29) is 12.5 Å². The summed E-state index contributed by atoms with van der Waals surface area (Å²) in [5.41, 5.74) is 0. The lowest BCUT2D eigenvalue weighted by atomic mass is 10.2. The van der Waals surface area contributed by atoms with Crippen LogP contribution >= 0.6 is 0 Å². The Bertz CT molecular complexity index is 311. The fourth-order valence-corrected chi connectivity index (χ4v) is 1.01. The minimum Gasteiger partial charge on any atom is -0.481 e. The molecule has 1 aromatic heterocycles. The number of hydrogen-bond acceptors (Lipinski definition) is 5. The molecule has 0 saturated heterocycles.